The van der Waals surface area contributed by atoms with E-state index in [2.05, 4.69) is 0 Å². The van der Waals surface area contributed by atoms with E-state index in [-0.39, 0.29) is 6.61 Å². The Bertz CT molecular complexity index is 295. The van der Waals surface area contributed by atoms with Crippen LogP contribution in [0.15, 0.2) is 24.3 Å². The van der Waals surface area contributed by atoms with Crippen molar-refractivity contribution in [3.05, 3.63) is 35.4 Å². The number of hydrogen-bond acceptors (Lipinski definition) is 2. The molecule has 15 heavy (non-hydrogen) atoms. The van der Waals surface area contributed by atoms with Crippen LogP contribution in [0.25, 0.3) is 0 Å². The van der Waals surface area contributed by atoms with Crippen LogP contribution in [0.2, 0.25) is 0 Å². The first kappa shape index (κ1) is 12.0. The number of halogens is 3. The molecule has 1 aromatic rings. The molecule has 0 aliphatic carbocycles. The number of rotatable bonds is 4. The van der Waals surface area contributed by atoms with Gasteiger partial charge in [-0.05, 0) is 17.7 Å². The highest BCUT2D eigenvalue weighted by molar-refractivity contribution is 5.24. The van der Waals surface area contributed by atoms with Gasteiger partial charge in [-0.3, -0.25) is 0 Å². The van der Waals surface area contributed by atoms with E-state index >= 15 is 0 Å². The van der Waals surface area contributed by atoms with Gasteiger partial charge in [-0.15, -0.1) is 0 Å². The van der Waals surface area contributed by atoms with Crippen molar-refractivity contribution in [2.24, 2.45) is 5.73 Å². The van der Waals surface area contributed by atoms with E-state index in [9.17, 15) is 13.2 Å². The maximum atomic E-state index is 12.2. The number of hydrogen-bond donors (Lipinski definition) is 1. The van der Waals surface area contributed by atoms with Gasteiger partial charge in [0.1, 0.15) is 0 Å². The van der Waals surface area contributed by atoms with Crippen molar-refractivity contribution in [2.75, 3.05) is 13.2 Å². The molecule has 0 saturated carbocycles. The van der Waals surface area contributed by atoms with Gasteiger partial charge in [-0.25, -0.2) is 0 Å². The van der Waals surface area contributed by atoms with Gasteiger partial charge in [0.15, 0.2) is 0 Å². The first-order valence-electron chi connectivity index (χ1n) is 4.48. The van der Waals surface area contributed by atoms with Crippen molar-refractivity contribution >= 4 is 0 Å². The highest BCUT2D eigenvalue weighted by Crippen LogP contribution is 2.29. The molecule has 0 aliphatic heterocycles. The summed E-state index contributed by atoms with van der Waals surface area (Å²) in [7, 11) is 0. The molecule has 5 heteroatoms. The van der Waals surface area contributed by atoms with Gasteiger partial charge in [0.2, 0.25) is 0 Å². The standard InChI is InChI=1S/C10H12F3NO/c11-10(12,13)9-3-1-8(2-4-9)7-15-6-5-14/h1-4H,5-7,14H2. The average molecular weight is 219 g/mol. The van der Waals surface area contributed by atoms with Crippen LogP contribution in [0, 0.1) is 0 Å². The summed E-state index contributed by atoms with van der Waals surface area (Å²) >= 11 is 0. The molecule has 0 spiro atoms. The second-order valence-electron chi connectivity index (χ2n) is 3.04. The van der Waals surface area contributed by atoms with Crippen LogP contribution in [0.1, 0.15) is 11.1 Å². The summed E-state index contributed by atoms with van der Waals surface area (Å²) in [5, 5.41) is 0. The Kier molecular flexibility index (Phi) is 4.11. The third-order valence-corrected chi connectivity index (χ3v) is 1.81. The first-order valence-corrected chi connectivity index (χ1v) is 4.48. The van der Waals surface area contributed by atoms with E-state index in [1.165, 1.54) is 12.1 Å². The minimum Gasteiger partial charge on any atom is -0.375 e. The number of benzene rings is 1. The second-order valence-corrected chi connectivity index (χ2v) is 3.04. The molecule has 0 aliphatic rings. The van der Waals surface area contributed by atoms with E-state index in [0.717, 1.165) is 12.1 Å². The Labute approximate surface area is 85.8 Å². The van der Waals surface area contributed by atoms with Gasteiger partial charge in [0, 0.05) is 6.54 Å². The Hall–Kier alpha value is -1.07. The summed E-state index contributed by atoms with van der Waals surface area (Å²) in [5.74, 6) is 0. The lowest BCUT2D eigenvalue weighted by molar-refractivity contribution is -0.137. The number of ether oxygens (including phenoxy) is 1. The Balaban J connectivity index is 2.57. The molecular formula is C10H12F3NO. The van der Waals surface area contributed by atoms with Crippen molar-refractivity contribution in [2.45, 2.75) is 12.8 Å². The SMILES string of the molecule is NCCOCc1ccc(C(F)(F)F)cc1. The third-order valence-electron chi connectivity index (χ3n) is 1.81. The van der Waals surface area contributed by atoms with Gasteiger partial charge >= 0.3 is 6.18 Å². The summed E-state index contributed by atoms with van der Waals surface area (Å²) in [5.41, 5.74) is 5.26. The number of nitrogens with two attached hydrogens (primary N) is 1. The average Bonchev–Trinajstić information content (AvgIpc) is 2.18. The molecule has 0 unspecified atom stereocenters. The minimum absolute atomic E-state index is 0.287. The summed E-state index contributed by atoms with van der Waals surface area (Å²) in [4.78, 5) is 0. The van der Waals surface area contributed by atoms with Crippen molar-refractivity contribution < 1.29 is 17.9 Å². The fraction of sp³-hybridized carbons (Fsp3) is 0.400. The molecule has 2 N–H and O–H groups in total. The Morgan fingerprint density at radius 3 is 2.20 bits per heavy atom. The van der Waals surface area contributed by atoms with Gasteiger partial charge < -0.3 is 10.5 Å². The molecule has 0 fully saturated rings. The molecule has 0 bridgehead atoms. The largest absolute Gasteiger partial charge is 0.416 e. The molecule has 0 saturated heterocycles. The molecule has 84 valence electrons. The quantitative estimate of drug-likeness (QED) is 0.788. The Morgan fingerprint density at radius 1 is 1.13 bits per heavy atom. The fourth-order valence-corrected chi connectivity index (χ4v) is 1.06. The van der Waals surface area contributed by atoms with Crippen molar-refractivity contribution in [1.29, 1.82) is 0 Å². The van der Waals surface area contributed by atoms with Crippen LogP contribution < -0.4 is 5.73 Å². The van der Waals surface area contributed by atoms with Crippen LogP contribution in [-0.4, -0.2) is 13.2 Å². The van der Waals surface area contributed by atoms with E-state index in [1.807, 2.05) is 0 Å². The second kappa shape index (κ2) is 5.14. The zero-order valence-electron chi connectivity index (χ0n) is 8.05. The molecule has 0 atom stereocenters. The predicted molar refractivity (Wildman–Crippen MR) is 50.2 cm³/mol. The van der Waals surface area contributed by atoms with E-state index in [1.54, 1.807) is 0 Å². The van der Waals surface area contributed by atoms with Crippen molar-refractivity contribution in [3.8, 4) is 0 Å². The molecule has 0 heterocycles. The highest BCUT2D eigenvalue weighted by Gasteiger charge is 2.29. The summed E-state index contributed by atoms with van der Waals surface area (Å²) in [6, 6.07) is 4.89. The zero-order chi connectivity index (χ0) is 11.3. The minimum atomic E-state index is -4.28. The van der Waals surface area contributed by atoms with Crippen molar-refractivity contribution in [3.63, 3.8) is 0 Å². The normalized spacial score (nSPS) is 11.7. The summed E-state index contributed by atoms with van der Waals surface area (Å²) < 4.78 is 41.6. The maximum absolute atomic E-state index is 12.2. The lowest BCUT2D eigenvalue weighted by atomic mass is 10.1. The van der Waals surface area contributed by atoms with Gasteiger partial charge in [0.25, 0.3) is 0 Å². The van der Waals surface area contributed by atoms with Crippen LogP contribution in [0.4, 0.5) is 13.2 Å². The van der Waals surface area contributed by atoms with Crippen LogP contribution in [0.5, 0.6) is 0 Å². The van der Waals surface area contributed by atoms with Crippen LogP contribution in [-0.2, 0) is 17.5 Å². The topological polar surface area (TPSA) is 35.2 Å². The number of alkyl halides is 3. The molecule has 0 radical (unpaired) electrons. The summed E-state index contributed by atoms with van der Waals surface area (Å²) in [6.07, 6.45) is -4.28. The zero-order valence-corrected chi connectivity index (χ0v) is 8.05. The van der Waals surface area contributed by atoms with Gasteiger partial charge in [-0.1, -0.05) is 12.1 Å². The molecule has 0 aromatic heterocycles. The molecule has 0 amide bonds. The van der Waals surface area contributed by atoms with E-state index < -0.39 is 11.7 Å². The van der Waals surface area contributed by atoms with E-state index in [0.29, 0.717) is 18.7 Å². The van der Waals surface area contributed by atoms with Crippen molar-refractivity contribution in [1.82, 2.24) is 0 Å². The van der Waals surface area contributed by atoms with Gasteiger partial charge in [-0.2, -0.15) is 13.2 Å². The van der Waals surface area contributed by atoms with Crippen LogP contribution in [0.3, 0.4) is 0 Å². The first-order chi connectivity index (χ1) is 7.04. The maximum Gasteiger partial charge on any atom is 0.416 e. The molecule has 1 rings (SSSR count). The Morgan fingerprint density at radius 2 is 1.73 bits per heavy atom. The smallest absolute Gasteiger partial charge is 0.375 e. The summed E-state index contributed by atoms with van der Waals surface area (Å²) in [6.45, 7) is 1.09. The predicted octanol–water partition coefficient (Wildman–Crippen LogP) is 2.18. The fourth-order valence-electron chi connectivity index (χ4n) is 1.06. The van der Waals surface area contributed by atoms with Crippen LogP contribution >= 0.6 is 0 Å². The third kappa shape index (κ3) is 3.89. The molecule has 1 aromatic carbocycles. The van der Waals surface area contributed by atoms with E-state index in [4.69, 9.17) is 10.5 Å². The lowest BCUT2D eigenvalue weighted by Crippen LogP contribution is -2.08. The molecular weight excluding hydrogens is 207 g/mol. The lowest BCUT2D eigenvalue weighted by Gasteiger charge is -2.07. The highest BCUT2D eigenvalue weighted by atomic mass is 19.4. The molecule has 2 nitrogen and oxygen atoms in total. The van der Waals surface area contributed by atoms with Gasteiger partial charge in [0.05, 0.1) is 18.8 Å². The monoisotopic (exact) mass is 219 g/mol.